The molecule has 20 heavy (non-hydrogen) atoms. The third-order valence-corrected chi connectivity index (χ3v) is 4.34. The number of hydrogen-bond acceptors (Lipinski definition) is 2. The second kappa shape index (κ2) is 5.41. The Kier molecular flexibility index (Phi) is 3.62. The normalized spacial score (nSPS) is 19.2. The van der Waals surface area contributed by atoms with Crippen LogP contribution in [-0.4, -0.2) is 22.9 Å². The monoisotopic (exact) mass is 269 g/mol. The van der Waals surface area contributed by atoms with E-state index in [1.54, 1.807) is 0 Å². The molecular formula is C17H23N3. The van der Waals surface area contributed by atoms with Crippen molar-refractivity contribution >= 4 is 0 Å². The summed E-state index contributed by atoms with van der Waals surface area (Å²) in [4.78, 5) is 0. The average molecular weight is 269 g/mol. The molecule has 106 valence electrons. The smallest absolute Gasteiger partial charge is 0.0571 e. The highest BCUT2D eigenvalue weighted by molar-refractivity contribution is 5.70. The lowest BCUT2D eigenvalue weighted by molar-refractivity contribution is 0.442. The Balaban J connectivity index is 2.05. The van der Waals surface area contributed by atoms with Crippen LogP contribution in [0.3, 0.4) is 0 Å². The Morgan fingerprint density at radius 2 is 2.10 bits per heavy atom. The number of hydrogen-bond donors (Lipinski definition) is 1. The lowest BCUT2D eigenvalue weighted by Gasteiger charge is -2.24. The van der Waals surface area contributed by atoms with Crippen molar-refractivity contribution in [2.75, 3.05) is 13.1 Å². The van der Waals surface area contributed by atoms with Crippen LogP contribution in [0.15, 0.2) is 24.4 Å². The number of nitrogens with zero attached hydrogens (tertiary/aromatic N) is 2. The molecule has 1 aromatic heterocycles. The first-order valence-electron chi connectivity index (χ1n) is 7.47. The van der Waals surface area contributed by atoms with E-state index in [0.717, 1.165) is 13.1 Å². The van der Waals surface area contributed by atoms with Crippen molar-refractivity contribution < 1.29 is 0 Å². The molecule has 3 rings (SSSR count). The van der Waals surface area contributed by atoms with Gasteiger partial charge in [-0.1, -0.05) is 23.8 Å². The topological polar surface area (TPSA) is 29.9 Å². The van der Waals surface area contributed by atoms with E-state index in [-0.39, 0.29) is 0 Å². The number of aromatic nitrogens is 2. The molecular weight excluding hydrogens is 246 g/mol. The van der Waals surface area contributed by atoms with Gasteiger partial charge in [-0.05, 0) is 44.4 Å². The number of nitrogens with one attached hydrogen (secondary N) is 1. The van der Waals surface area contributed by atoms with Crippen molar-refractivity contribution in [2.45, 2.75) is 32.6 Å². The molecule has 1 aromatic carbocycles. The summed E-state index contributed by atoms with van der Waals surface area (Å²) < 4.78 is 2.06. The third-order valence-electron chi connectivity index (χ3n) is 4.34. The van der Waals surface area contributed by atoms with E-state index in [0.29, 0.717) is 5.92 Å². The molecule has 0 radical (unpaired) electrons. The maximum absolute atomic E-state index is 4.52. The van der Waals surface area contributed by atoms with Crippen LogP contribution in [0.2, 0.25) is 0 Å². The molecule has 0 spiro atoms. The Labute approximate surface area is 121 Å². The van der Waals surface area contributed by atoms with E-state index in [2.05, 4.69) is 54.2 Å². The first kappa shape index (κ1) is 13.4. The standard InChI is InChI=1S/C17H23N3/c1-12-6-7-15(13(2)9-12)16-11-19-20(3)17(16)14-5-4-8-18-10-14/h6-7,9,11,14,18H,4-5,8,10H2,1-3H3. The van der Waals surface area contributed by atoms with Crippen LogP contribution < -0.4 is 5.32 Å². The van der Waals surface area contributed by atoms with Gasteiger partial charge in [0.2, 0.25) is 0 Å². The van der Waals surface area contributed by atoms with E-state index in [1.807, 2.05) is 6.20 Å². The van der Waals surface area contributed by atoms with Crippen molar-refractivity contribution in [3.05, 3.63) is 41.2 Å². The van der Waals surface area contributed by atoms with Crippen molar-refractivity contribution in [1.82, 2.24) is 15.1 Å². The van der Waals surface area contributed by atoms with Crippen molar-refractivity contribution in [2.24, 2.45) is 7.05 Å². The van der Waals surface area contributed by atoms with E-state index in [4.69, 9.17) is 0 Å². The molecule has 1 unspecified atom stereocenters. The van der Waals surface area contributed by atoms with Gasteiger partial charge in [0.15, 0.2) is 0 Å². The molecule has 2 heterocycles. The molecule has 0 bridgehead atoms. The van der Waals surface area contributed by atoms with Crippen LogP contribution in [-0.2, 0) is 7.05 Å². The zero-order valence-corrected chi connectivity index (χ0v) is 12.6. The average Bonchev–Trinajstić information content (AvgIpc) is 2.81. The van der Waals surface area contributed by atoms with Crippen molar-refractivity contribution in [1.29, 1.82) is 0 Å². The lowest BCUT2D eigenvalue weighted by Crippen LogP contribution is -2.29. The molecule has 3 heteroatoms. The minimum absolute atomic E-state index is 0.576. The summed E-state index contributed by atoms with van der Waals surface area (Å²) in [6.07, 6.45) is 4.54. The van der Waals surface area contributed by atoms with Gasteiger partial charge in [0.25, 0.3) is 0 Å². The zero-order chi connectivity index (χ0) is 14.1. The van der Waals surface area contributed by atoms with Gasteiger partial charge in [0.1, 0.15) is 0 Å². The maximum atomic E-state index is 4.52. The molecule has 3 nitrogen and oxygen atoms in total. The number of piperidine rings is 1. The summed E-state index contributed by atoms with van der Waals surface area (Å²) in [5.41, 5.74) is 6.66. The molecule has 0 aliphatic carbocycles. The van der Waals surface area contributed by atoms with Crippen molar-refractivity contribution in [3.8, 4) is 11.1 Å². The summed E-state index contributed by atoms with van der Waals surface area (Å²) in [6, 6.07) is 6.69. The van der Waals surface area contributed by atoms with Gasteiger partial charge in [0.05, 0.1) is 11.9 Å². The Hall–Kier alpha value is -1.61. The fourth-order valence-corrected chi connectivity index (χ4v) is 3.34. The molecule has 0 amide bonds. The SMILES string of the molecule is Cc1ccc(-c2cnn(C)c2C2CCCNC2)c(C)c1. The van der Waals surface area contributed by atoms with E-state index in [1.165, 1.54) is 40.8 Å². The van der Waals surface area contributed by atoms with Crippen LogP contribution in [0, 0.1) is 13.8 Å². The second-order valence-electron chi connectivity index (χ2n) is 5.93. The third kappa shape index (κ3) is 2.38. The van der Waals surface area contributed by atoms with E-state index >= 15 is 0 Å². The van der Waals surface area contributed by atoms with E-state index < -0.39 is 0 Å². The lowest BCUT2D eigenvalue weighted by atomic mass is 9.90. The molecule has 0 saturated carbocycles. The van der Waals surface area contributed by atoms with Crippen molar-refractivity contribution in [3.63, 3.8) is 0 Å². The van der Waals surface area contributed by atoms with Gasteiger partial charge in [-0.25, -0.2) is 0 Å². The molecule has 1 saturated heterocycles. The highest BCUT2D eigenvalue weighted by atomic mass is 15.3. The van der Waals surface area contributed by atoms with Gasteiger partial charge in [-0.2, -0.15) is 5.10 Å². The number of aryl methyl sites for hydroxylation is 3. The summed E-state index contributed by atoms with van der Waals surface area (Å²) in [7, 11) is 2.07. The molecule has 1 fully saturated rings. The fourth-order valence-electron chi connectivity index (χ4n) is 3.34. The first-order valence-corrected chi connectivity index (χ1v) is 7.47. The summed E-state index contributed by atoms with van der Waals surface area (Å²) in [5, 5.41) is 8.03. The molecule has 2 aromatic rings. The van der Waals surface area contributed by atoms with Crippen LogP contribution in [0.25, 0.3) is 11.1 Å². The van der Waals surface area contributed by atoms with Crippen LogP contribution >= 0.6 is 0 Å². The maximum Gasteiger partial charge on any atom is 0.0571 e. The second-order valence-corrected chi connectivity index (χ2v) is 5.93. The van der Waals surface area contributed by atoms with Gasteiger partial charge < -0.3 is 5.32 Å². The minimum Gasteiger partial charge on any atom is -0.316 e. The highest BCUT2D eigenvalue weighted by Gasteiger charge is 2.23. The Morgan fingerprint density at radius 3 is 2.80 bits per heavy atom. The summed E-state index contributed by atoms with van der Waals surface area (Å²) in [5.74, 6) is 0.576. The van der Waals surface area contributed by atoms with Gasteiger partial charge in [0, 0.05) is 25.1 Å². The van der Waals surface area contributed by atoms with Gasteiger partial charge in [-0.15, -0.1) is 0 Å². The zero-order valence-electron chi connectivity index (χ0n) is 12.6. The molecule has 1 atom stereocenters. The molecule has 1 N–H and O–H groups in total. The molecule has 1 aliphatic rings. The summed E-state index contributed by atoms with van der Waals surface area (Å²) in [6.45, 7) is 6.55. The van der Waals surface area contributed by atoms with Crippen LogP contribution in [0.1, 0.15) is 35.6 Å². The first-order chi connectivity index (χ1) is 9.66. The number of rotatable bonds is 2. The minimum atomic E-state index is 0.576. The fraction of sp³-hybridized carbons (Fsp3) is 0.471. The van der Waals surface area contributed by atoms with Crippen LogP contribution in [0.4, 0.5) is 0 Å². The largest absolute Gasteiger partial charge is 0.316 e. The number of benzene rings is 1. The van der Waals surface area contributed by atoms with Gasteiger partial charge >= 0.3 is 0 Å². The Morgan fingerprint density at radius 1 is 1.25 bits per heavy atom. The van der Waals surface area contributed by atoms with Crippen LogP contribution in [0.5, 0.6) is 0 Å². The summed E-state index contributed by atoms with van der Waals surface area (Å²) >= 11 is 0. The molecule has 1 aliphatic heterocycles. The Bertz CT molecular complexity index is 607. The van der Waals surface area contributed by atoms with Gasteiger partial charge in [-0.3, -0.25) is 4.68 Å². The van der Waals surface area contributed by atoms with E-state index in [9.17, 15) is 0 Å². The predicted octanol–water partition coefficient (Wildman–Crippen LogP) is 3.17. The predicted molar refractivity (Wildman–Crippen MR) is 83.0 cm³/mol. The quantitative estimate of drug-likeness (QED) is 0.907. The highest BCUT2D eigenvalue weighted by Crippen LogP contribution is 2.34.